The molecule has 0 unspecified atom stereocenters. The molecule has 0 radical (unpaired) electrons. The van der Waals surface area contributed by atoms with Crippen molar-refractivity contribution < 1.29 is 14.3 Å². The van der Waals surface area contributed by atoms with Gasteiger partial charge in [-0.15, -0.1) is 0 Å². The van der Waals surface area contributed by atoms with E-state index in [0.29, 0.717) is 15.6 Å². The lowest BCUT2D eigenvalue weighted by molar-refractivity contribution is -0.142. The first-order valence-corrected chi connectivity index (χ1v) is 6.49. The molecule has 0 aliphatic heterocycles. The molecule has 0 heterocycles. The van der Waals surface area contributed by atoms with Gasteiger partial charge in [0.2, 0.25) is 0 Å². The van der Waals surface area contributed by atoms with Crippen molar-refractivity contribution >= 4 is 27.8 Å². The maximum absolute atomic E-state index is 12.0. The standard InChI is InChI=1S/C14H13BrN2O3/c1-9(15)7-12(14(19)20-2)17-13(18)11-5-3-10(8-16)4-6-11/h3-6,12H,1,7H2,2H3,(H,17,18)/t12-/m1/s1. The van der Waals surface area contributed by atoms with Gasteiger partial charge in [-0.3, -0.25) is 4.79 Å². The number of halogens is 1. The highest BCUT2D eigenvalue weighted by Crippen LogP contribution is 2.12. The lowest BCUT2D eigenvalue weighted by Crippen LogP contribution is -2.41. The van der Waals surface area contributed by atoms with E-state index in [1.165, 1.54) is 31.4 Å². The van der Waals surface area contributed by atoms with Crippen molar-refractivity contribution in [3.8, 4) is 6.07 Å². The third kappa shape index (κ3) is 4.52. The molecule has 0 bridgehead atoms. The monoisotopic (exact) mass is 336 g/mol. The van der Waals surface area contributed by atoms with Gasteiger partial charge in [0.15, 0.2) is 0 Å². The maximum Gasteiger partial charge on any atom is 0.328 e. The van der Waals surface area contributed by atoms with Crippen molar-refractivity contribution in [2.45, 2.75) is 12.5 Å². The van der Waals surface area contributed by atoms with Gasteiger partial charge in [-0.2, -0.15) is 5.26 Å². The van der Waals surface area contributed by atoms with Crippen molar-refractivity contribution in [1.29, 1.82) is 5.26 Å². The Morgan fingerprint density at radius 1 is 1.45 bits per heavy atom. The zero-order valence-electron chi connectivity index (χ0n) is 10.9. The minimum Gasteiger partial charge on any atom is -0.467 e. The summed E-state index contributed by atoms with van der Waals surface area (Å²) in [5.74, 6) is -0.966. The Kier molecular flexibility index (Phi) is 5.94. The fraction of sp³-hybridized carbons (Fsp3) is 0.214. The SMILES string of the molecule is C=C(Br)C[C@@H](NC(=O)c1ccc(C#N)cc1)C(=O)OC. The number of rotatable bonds is 5. The van der Waals surface area contributed by atoms with E-state index in [2.05, 4.69) is 32.6 Å². The number of ether oxygens (including phenoxy) is 1. The third-order valence-corrected chi connectivity index (χ3v) is 2.82. The molecule has 1 atom stereocenters. The summed E-state index contributed by atoms with van der Waals surface area (Å²) in [6.07, 6.45) is 0.231. The van der Waals surface area contributed by atoms with Gasteiger partial charge >= 0.3 is 5.97 Å². The van der Waals surface area contributed by atoms with Crippen LogP contribution in [0.5, 0.6) is 0 Å². The molecule has 0 fully saturated rings. The van der Waals surface area contributed by atoms with E-state index in [1.807, 2.05) is 6.07 Å². The second-order valence-corrected chi connectivity index (χ2v) is 5.08. The quantitative estimate of drug-likeness (QED) is 0.835. The van der Waals surface area contributed by atoms with Crippen LogP contribution in [0.3, 0.4) is 0 Å². The number of hydrogen-bond acceptors (Lipinski definition) is 4. The zero-order chi connectivity index (χ0) is 15.1. The number of esters is 1. The largest absolute Gasteiger partial charge is 0.467 e. The molecule has 1 rings (SSSR count). The summed E-state index contributed by atoms with van der Waals surface area (Å²) in [5, 5.41) is 11.3. The molecular formula is C14H13BrN2O3. The molecular weight excluding hydrogens is 324 g/mol. The molecule has 0 aromatic heterocycles. The van der Waals surface area contributed by atoms with Crippen LogP contribution in [0.25, 0.3) is 0 Å². The summed E-state index contributed by atoms with van der Waals surface area (Å²) >= 11 is 3.15. The summed E-state index contributed by atoms with van der Waals surface area (Å²) in [4.78, 5) is 23.6. The predicted molar refractivity (Wildman–Crippen MR) is 77.1 cm³/mol. The van der Waals surface area contributed by atoms with E-state index in [0.717, 1.165) is 0 Å². The third-order valence-electron chi connectivity index (χ3n) is 2.49. The van der Waals surface area contributed by atoms with E-state index in [9.17, 15) is 9.59 Å². The normalized spacial score (nSPS) is 11.1. The van der Waals surface area contributed by atoms with Crippen LogP contribution in [0.2, 0.25) is 0 Å². The Labute approximate surface area is 125 Å². The molecule has 1 amide bonds. The topological polar surface area (TPSA) is 79.2 Å². The van der Waals surface area contributed by atoms with Crippen LogP contribution in [0.15, 0.2) is 35.3 Å². The van der Waals surface area contributed by atoms with Crippen molar-refractivity contribution in [3.63, 3.8) is 0 Å². The molecule has 0 spiro atoms. The van der Waals surface area contributed by atoms with Gasteiger partial charge in [0.1, 0.15) is 6.04 Å². The average Bonchev–Trinajstić information content (AvgIpc) is 2.45. The predicted octanol–water partition coefficient (Wildman–Crippen LogP) is 2.13. The van der Waals surface area contributed by atoms with Gasteiger partial charge in [0.25, 0.3) is 5.91 Å². The van der Waals surface area contributed by atoms with Gasteiger partial charge in [-0.25, -0.2) is 4.79 Å². The molecule has 5 nitrogen and oxygen atoms in total. The van der Waals surface area contributed by atoms with Gasteiger partial charge in [-0.1, -0.05) is 22.5 Å². The molecule has 20 heavy (non-hydrogen) atoms. The molecule has 1 aromatic rings. The Bertz CT molecular complexity index is 561. The molecule has 0 saturated carbocycles. The Morgan fingerprint density at radius 2 is 2.05 bits per heavy atom. The molecule has 0 aliphatic carbocycles. The van der Waals surface area contributed by atoms with Crippen LogP contribution >= 0.6 is 15.9 Å². The number of nitriles is 1. The highest BCUT2D eigenvalue weighted by molar-refractivity contribution is 9.11. The summed E-state index contributed by atoms with van der Waals surface area (Å²) in [5.41, 5.74) is 0.818. The summed E-state index contributed by atoms with van der Waals surface area (Å²) in [6.45, 7) is 3.64. The van der Waals surface area contributed by atoms with Crippen molar-refractivity contribution in [3.05, 3.63) is 46.5 Å². The van der Waals surface area contributed by atoms with E-state index in [-0.39, 0.29) is 6.42 Å². The number of carbonyl (C=O) groups is 2. The lowest BCUT2D eigenvalue weighted by Gasteiger charge is -2.16. The molecule has 6 heteroatoms. The summed E-state index contributed by atoms with van der Waals surface area (Å²) in [6, 6.07) is 7.26. The van der Waals surface area contributed by atoms with E-state index < -0.39 is 17.9 Å². The van der Waals surface area contributed by atoms with Crippen molar-refractivity contribution in [2.24, 2.45) is 0 Å². The number of benzene rings is 1. The fourth-order valence-electron chi connectivity index (χ4n) is 1.49. The van der Waals surface area contributed by atoms with Crippen LogP contribution in [-0.4, -0.2) is 25.0 Å². The number of carbonyl (C=O) groups excluding carboxylic acids is 2. The minimum atomic E-state index is -0.810. The first-order chi connectivity index (χ1) is 9.47. The summed E-state index contributed by atoms with van der Waals surface area (Å²) in [7, 11) is 1.25. The van der Waals surface area contributed by atoms with Crippen LogP contribution in [0.1, 0.15) is 22.3 Å². The Morgan fingerprint density at radius 3 is 2.50 bits per heavy atom. The maximum atomic E-state index is 12.0. The fourth-order valence-corrected chi connectivity index (χ4v) is 1.82. The smallest absolute Gasteiger partial charge is 0.328 e. The lowest BCUT2D eigenvalue weighted by atomic mass is 10.1. The van der Waals surface area contributed by atoms with Crippen LogP contribution in [0.4, 0.5) is 0 Å². The van der Waals surface area contributed by atoms with E-state index in [4.69, 9.17) is 5.26 Å². The number of nitrogens with one attached hydrogen (secondary N) is 1. The van der Waals surface area contributed by atoms with E-state index >= 15 is 0 Å². The number of methoxy groups -OCH3 is 1. The highest BCUT2D eigenvalue weighted by Gasteiger charge is 2.22. The first kappa shape index (κ1) is 15.9. The van der Waals surface area contributed by atoms with Crippen molar-refractivity contribution in [2.75, 3.05) is 7.11 Å². The second kappa shape index (κ2) is 7.46. The van der Waals surface area contributed by atoms with Crippen LogP contribution in [0, 0.1) is 11.3 Å². The van der Waals surface area contributed by atoms with Gasteiger partial charge in [0, 0.05) is 12.0 Å². The molecule has 0 aliphatic rings. The average molecular weight is 337 g/mol. The van der Waals surface area contributed by atoms with Crippen molar-refractivity contribution in [1.82, 2.24) is 5.32 Å². The Balaban J connectivity index is 2.81. The van der Waals surface area contributed by atoms with Gasteiger partial charge in [-0.05, 0) is 28.7 Å². The number of hydrogen-bond donors (Lipinski definition) is 1. The summed E-state index contributed by atoms with van der Waals surface area (Å²) < 4.78 is 5.20. The first-order valence-electron chi connectivity index (χ1n) is 5.70. The zero-order valence-corrected chi connectivity index (χ0v) is 12.4. The number of nitrogens with zero attached hydrogens (tertiary/aromatic N) is 1. The minimum absolute atomic E-state index is 0.231. The molecule has 104 valence electrons. The molecule has 1 aromatic carbocycles. The van der Waals surface area contributed by atoms with Crippen LogP contribution in [-0.2, 0) is 9.53 Å². The van der Waals surface area contributed by atoms with E-state index in [1.54, 1.807) is 0 Å². The molecule has 0 saturated heterocycles. The highest BCUT2D eigenvalue weighted by atomic mass is 79.9. The van der Waals surface area contributed by atoms with Gasteiger partial charge in [0.05, 0.1) is 18.7 Å². The molecule has 1 N–H and O–H groups in total. The second-order valence-electron chi connectivity index (χ2n) is 3.96. The van der Waals surface area contributed by atoms with Crippen LogP contribution < -0.4 is 5.32 Å². The Hall–Kier alpha value is -2.13. The van der Waals surface area contributed by atoms with Gasteiger partial charge < -0.3 is 10.1 Å². The number of amides is 1.